The summed E-state index contributed by atoms with van der Waals surface area (Å²) in [6.45, 7) is 1.30. The van der Waals surface area contributed by atoms with Gasteiger partial charge >= 0.3 is 0 Å². The van der Waals surface area contributed by atoms with E-state index in [4.69, 9.17) is 0 Å². The van der Waals surface area contributed by atoms with Gasteiger partial charge in [-0.3, -0.25) is 4.79 Å². The first-order valence-corrected chi connectivity index (χ1v) is 5.64. The smallest absolute Gasteiger partial charge is 0.251 e. The Hall–Kier alpha value is -0.820. The predicted octanol–water partition coefficient (Wildman–Crippen LogP) is 0.946. The number of aromatic hydroxyl groups is 1. The fraction of sp³-hybridized carbons (Fsp3) is 0.300. The van der Waals surface area contributed by atoms with Crippen LogP contribution in [0.2, 0.25) is 0 Å². The van der Waals surface area contributed by atoms with Crippen LogP contribution < -0.4 is 10.6 Å². The van der Waals surface area contributed by atoms with E-state index in [-0.39, 0.29) is 11.7 Å². The maximum Gasteiger partial charge on any atom is 0.251 e. The molecule has 0 fully saturated rings. The summed E-state index contributed by atoms with van der Waals surface area (Å²) in [6, 6.07) is 4.87. The second kappa shape index (κ2) is 5.92. The number of nitrogens with one attached hydrogen (secondary N) is 2. The van der Waals surface area contributed by atoms with Crippen LogP contribution in [0.1, 0.15) is 10.4 Å². The van der Waals surface area contributed by atoms with E-state index in [2.05, 4.69) is 10.6 Å². The molecule has 3 N–H and O–H groups in total. The molecule has 0 saturated carbocycles. The molecule has 82 valence electrons. The third-order valence-corrected chi connectivity index (χ3v) is 2.78. The molecule has 1 rings (SSSR count). The van der Waals surface area contributed by atoms with E-state index in [1.165, 1.54) is 6.07 Å². The summed E-state index contributed by atoms with van der Waals surface area (Å²) in [4.78, 5) is 11.5. The summed E-state index contributed by atoms with van der Waals surface area (Å²) in [5.74, 6) is -0.0335. The highest BCUT2D eigenvalue weighted by molar-refractivity contribution is 14.1. The lowest BCUT2D eigenvalue weighted by atomic mass is 10.2. The SMILES string of the molecule is CNCCNC(=O)c1ccc(I)c(O)c1. The van der Waals surface area contributed by atoms with Crippen LogP contribution in [0.15, 0.2) is 18.2 Å². The van der Waals surface area contributed by atoms with Crippen LogP contribution >= 0.6 is 22.6 Å². The van der Waals surface area contributed by atoms with Crippen molar-refractivity contribution < 1.29 is 9.90 Å². The molecule has 0 aliphatic heterocycles. The molecule has 0 saturated heterocycles. The van der Waals surface area contributed by atoms with Gasteiger partial charge in [-0.05, 0) is 47.8 Å². The lowest BCUT2D eigenvalue weighted by molar-refractivity contribution is 0.0953. The topological polar surface area (TPSA) is 61.4 Å². The number of carbonyl (C=O) groups is 1. The Bertz CT molecular complexity index is 355. The van der Waals surface area contributed by atoms with Crippen molar-refractivity contribution in [3.63, 3.8) is 0 Å². The lowest BCUT2D eigenvalue weighted by Gasteiger charge is -2.05. The molecule has 0 aliphatic rings. The maximum atomic E-state index is 11.5. The first kappa shape index (κ1) is 12.3. The van der Waals surface area contributed by atoms with Gasteiger partial charge in [0.15, 0.2) is 0 Å². The zero-order chi connectivity index (χ0) is 11.3. The zero-order valence-corrected chi connectivity index (χ0v) is 10.5. The highest BCUT2D eigenvalue weighted by Gasteiger charge is 2.06. The van der Waals surface area contributed by atoms with Crippen molar-refractivity contribution in [1.82, 2.24) is 10.6 Å². The van der Waals surface area contributed by atoms with Crippen molar-refractivity contribution in [3.05, 3.63) is 27.3 Å². The fourth-order valence-electron chi connectivity index (χ4n) is 1.06. The molecule has 0 radical (unpaired) electrons. The number of hydrogen-bond acceptors (Lipinski definition) is 3. The quantitative estimate of drug-likeness (QED) is 0.572. The van der Waals surface area contributed by atoms with Gasteiger partial charge in [0.25, 0.3) is 5.91 Å². The molecule has 4 nitrogen and oxygen atoms in total. The first-order chi connectivity index (χ1) is 7.15. The molecule has 0 bridgehead atoms. The van der Waals surface area contributed by atoms with E-state index < -0.39 is 0 Å². The van der Waals surface area contributed by atoms with Gasteiger partial charge < -0.3 is 15.7 Å². The minimum absolute atomic E-state index is 0.136. The van der Waals surface area contributed by atoms with Gasteiger partial charge in [-0.1, -0.05) is 0 Å². The fourth-order valence-corrected chi connectivity index (χ4v) is 1.39. The van der Waals surface area contributed by atoms with E-state index in [0.717, 1.165) is 10.1 Å². The molecular weight excluding hydrogens is 307 g/mol. The number of rotatable bonds is 4. The third kappa shape index (κ3) is 3.67. The Kier molecular flexibility index (Phi) is 4.83. The molecule has 0 aromatic heterocycles. The molecule has 15 heavy (non-hydrogen) atoms. The molecule has 0 aliphatic carbocycles. The monoisotopic (exact) mass is 320 g/mol. The molecule has 1 aromatic rings. The van der Waals surface area contributed by atoms with E-state index in [9.17, 15) is 9.90 Å². The van der Waals surface area contributed by atoms with Crippen molar-refractivity contribution in [1.29, 1.82) is 0 Å². The van der Waals surface area contributed by atoms with Crippen LogP contribution in [0.4, 0.5) is 0 Å². The van der Waals surface area contributed by atoms with Crippen LogP contribution in [-0.2, 0) is 0 Å². The normalized spacial score (nSPS) is 10.0. The Morgan fingerprint density at radius 2 is 2.20 bits per heavy atom. The standard InChI is InChI=1S/C10H13IN2O2/c1-12-4-5-13-10(15)7-2-3-8(11)9(14)6-7/h2-3,6,12,14H,4-5H2,1H3,(H,13,15). The molecule has 0 atom stereocenters. The highest BCUT2D eigenvalue weighted by Crippen LogP contribution is 2.20. The second-order valence-corrected chi connectivity index (χ2v) is 4.19. The van der Waals surface area contributed by atoms with Gasteiger partial charge in [0.1, 0.15) is 5.75 Å². The number of amides is 1. The Balaban J connectivity index is 2.62. The van der Waals surface area contributed by atoms with Crippen LogP contribution in [0, 0.1) is 3.57 Å². The maximum absolute atomic E-state index is 11.5. The summed E-state index contributed by atoms with van der Waals surface area (Å²) in [7, 11) is 1.82. The van der Waals surface area contributed by atoms with Crippen molar-refractivity contribution in [3.8, 4) is 5.75 Å². The van der Waals surface area contributed by atoms with Crippen LogP contribution in [-0.4, -0.2) is 31.2 Å². The van der Waals surface area contributed by atoms with Gasteiger partial charge in [-0.15, -0.1) is 0 Å². The average Bonchev–Trinajstić information content (AvgIpc) is 2.22. The summed E-state index contributed by atoms with van der Waals surface area (Å²) >= 11 is 2.01. The summed E-state index contributed by atoms with van der Waals surface area (Å²) < 4.78 is 0.736. The number of benzene rings is 1. The molecule has 1 amide bonds. The average molecular weight is 320 g/mol. The van der Waals surface area contributed by atoms with Crippen LogP contribution in [0.3, 0.4) is 0 Å². The van der Waals surface area contributed by atoms with Crippen molar-refractivity contribution >= 4 is 28.5 Å². The number of hydrogen-bond donors (Lipinski definition) is 3. The van der Waals surface area contributed by atoms with Gasteiger partial charge in [0.2, 0.25) is 0 Å². The molecule has 0 unspecified atom stereocenters. The van der Waals surface area contributed by atoms with Crippen molar-refractivity contribution in [2.24, 2.45) is 0 Å². The second-order valence-electron chi connectivity index (χ2n) is 3.03. The first-order valence-electron chi connectivity index (χ1n) is 4.56. The molecule has 0 heterocycles. The summed E-state index contributed by atoms with van der Waals surface area (Å²) in [5, 5.41) is 15.1. The Morgan fingerprint density at radius 1 is 1.47 bits per heavy atom. The summed E-state index contributed by atoms with van der Waals surface area (Å²) in [5.41, 5.74) is 0.476. The van der Waals surface area contributed by atoms with Crippen LogP contribution in [0.25, 0.3) is 0 Å². The van der Waals surface area contributed by atoms with Crippen molar-refractivity contribution in [2.75, 3.05) is 20.1 Å². The van der Waals surface area contributed by atoms with E-state index in [1.54, 1.807) is 12.1 Å². The van der Waals surface area contributed by atoms with Crippen LogP contribution in [0.5, 0.6) is 5.75 Å². The zero-order valence-electron chi connectivity index (χ0n) is 8.38. The molecule has 1 aromatic carbocycles. The van der Waals surface area contributed by atoms with Gasteiger partial charge in [-0.2, -0.15) is 0 Å². The van der Waals surface area contributed by atoms with Crippen molar-refractivity contribution in [2.45, 2.75) is 0 Å². The largest absolute Gasteiger partial charge is 0.507 e. The summed E-state index contributed by atoms with van der Waals surface area (Å²) in [6.07, 6.45) is 0. The number of carbonyl (C=O) groups excluding carboxylic acids is 1. The molecule has 5 heteroatoms. The Morgan fingerprint density at radius 3 is 2.80 bits per heavy atom. The molecule has 0 spiro atoms. The highest BCUT2D eigenvalue weighted by atomic mass is 127. The lowest BCUT2D eigenvalue weighted by Crippen LogP contribution is -2.30. The van der Waals surface area contributed by atoms with Gasteiger partial charge in [0.05, 0.1) is 3.57 Å². The van der Waals surface area contributed by atoms with E-state index in [0.29, 0.717) is 12.1 Å². The number of likely N-dealkylation sites (N-methyl/N-ethyl adjacent to an activating group) is 1. The number of phenols is 1. The number of phenolic OH excluding ortho intramolecular Hbond substituents is 1. The third-order valence-electron chi connectivity index (χ3n) is 1.87. The molecular formula is C10H13IN2O2. The minimum Gasteiger partial charge on any atom is -0.507 e. The van der Waals surface area contributed by atoms with Gasteiger partial charge in [-0.25, -0.2) is 0 Å². The van der Waals surface area contributed by atoms with E-state index >= 15 is 0 Å². The minimum atomic E-state index is -0.169. The number of halogens is 1. The Labute approximate surface area is 102 Å². The van der Waals surface area contributed by atoms with E-state index in [1.807, 2.05) is 29.6 Å². The predicted molar refractivity (Wildman–Crippen MR) is 67.1 cm³/mol. The van der Waals surface area contributed by atoms with Gasteiger partial charge in [0, 0.05) is 18.7 Å².